The smallest absolute Gasteiger partial charge is 0.119 e. The normalized spacial score (nSPS) is 25.8. The second kappa shape index (κ2) is 7.18. The first kappa shape index (κ1) is 16.6. The van der Waals surface area contributed by atoms with Crippen LogP contribution in [0.5, 0.6) is 5.75 Å². The van der Waals surface area contributed by atoms with Crippen molar-refractivity contribution in [3.63, 3.8) is 0 Å². The molecular formula is C20H27N3O2. The van der Waals surface area contributed by atoms with E-state index in [1.807, 2.05) is 17.9 Å². The number of aromatic nitrogens is 2. The van der Waals surface area contributed by atoms with Gasteiger partial charge in [-0.3, -0.25) is 4.68 Å². The van der Waals surface area contributed by atoms with Crippen molar-refractivity contribution < 1.29 is 9.47 Å². The van der Waals surface area contributed by atoms with Crippen LogP contribution in [0.4, 0.5) is 0 Å². The average molecular weight is 341 g/mol. The fourth-order valence-corrected chi connectivity index (χ4v) is 4.19. The Hall–Kier alpha value is -1.85. The maximum absolute atomic E-state index is 6.00. The zero-order valence-corrected chi connectivity index (χ0v) is 15.1. The summed E-state index contributed by atoms with van der Waals surface area (Å²) in [5, 5.41) is 8.09. The van der Waals surface area contributed by atoms with Gasteiger partial charge in [0.1, 0.15) is 11.9 Å². The van der Waals surface area contributed by atoms with E-state index < -0.39 is 0 Å². The van der Waals surface area contributed by atoms with Gasteiger partial charge in [0.15, 0.2) is 0 Å². The number of fused-ring (bicyclic) bond motifs is 1. The van der Waals surface area contributed by atoms with Gasteiger partial charge in [-0.1, -0.05) is 6.07 Å². The van der Waals surface area contributed by atoms with Crippen LogP contribution in [0.1, 0.15) is 35.8 Å². The molecule has 4 rings (SSSR count). The zero-order valence-electron chi connectivity index (χ0n) is 15.1. The quantitative estimate of drug-likeness (QED) is 0.908. The van der Waals surface area contributed by atoms with Crippen molar-refractivity contribution in [2.75, 3.05) is 20.3 Å². The van der Waals surface area contributed by atoms with Crippen molar-refractivity contribution in [3.05, 3.63) is 47.3 Å². The fourth-order valence-electron chi connectivity index (χ4n) is 4.19. The zero-order chi connectivity index (χ0) is 17.2. The van der Waals surface area contributed by atoms with Crippen molar-refractivity contribution in [1.82, 2.24) is 15.1 Å². The van der Waals surface area contributed by atoms with Gasteiger partial charge in [-0.25, -0.2) is 0 Å². The Balaban J connectivity index is 1.37. The number of ether oxygens (including phenoxy) is 2. The summed E-state index contributed by atoms with van der Waals surface area (Å²) in [6.45, 7) is 1.84. The lowest BCUT2D eigenvalue weighted by atomic mass is 9.87. The summed E-state index contributed by atoms with van der Waals surface area (Å²) in [5.41, 5.74) is 4.08. The van der Waals surface area contributed by atoms with Gasteiger partial charge in [-0.15, -0.1) is 0 Å². The summed E-state index contributed by atoms with van der Waals surface area (Å²) < 4.78 is 13.3. The number of nitrogens with one attached hydrogen (secondary N) is 1. The summed E-state index contributed by atoms with van der Waals surface area (Å²) in [6.07, 6.45) is 6.55. The molecule has 3 atom stereocenters. The summed E-state index contributed by atoms with van der Waals surface area (Å²) in [4.78, 5) is 0. The van der Waals surface area contributed by atoms with Crippen molar-refractivity contribution in [2.24, 2.45) is 13.0 Å². The minimum atomic E-state index is 0.163. The standard InChI is InChI=1S/C20H27N3O2/c1-23-19(7-9-22-23)20-15(8-10-25-20)13-21-17-5-3-14-4-6-18(24-2)12-16(14)11-17/h4,6-7,9,12,15,17,20-21H,3,5,8,10-11,13H2,1-2H3/t15-,17+,20+/m0/s1. The van der Waals surface area contributed by atoms with Crippen molar-refractivity contribution in [2.45, 2.75) is 37.8 Å². The fraction of sp³-hybridized carbons (Fsp3) is 0.550. The van der Waals surface area contributed by atoms with E-state index in [1.165, 1.54) is 23.2 Å². The molecule has 1 fully saturated rings. The van der Waals surface area contributed by atoms with Crippen LogP contribution >= 0.6 is 0 Å². The Labute approximate surface area is 149 Å². The lowest BCUT2D eigenvalue weighted by molar-refractivity contribution is 0.0830. The molecule has 134 valence electrons. The molecule has 1 aromatic heterocycles. The summed E-state index contributed by atoms with van der Waals surface area (Å²) in [6, 6.07) is 9.09. The summed E-state index contributed by atoms with van der Waals surface area (Å²) in [7, 11) is 3.73. The highest BCUT2D eigenvalue weighted by molar-refractivity contribution is 5.37. The maximum atomic E-state index is 6.00. The van der Waals surface area contributed by atoms with Gasteiger partial charge in [0, 0.05) is 38.4 Å². The molecule has 0 amide bonds. The Morgan fingerprint density at radius 1 is 1.28 bits per heavy atom. The van der Waals surface area contributed by atoms with E-state index >= 15 is 0 Å². The number of hydrogen-bond donors (Lipinski definition) is 1. The van der Waals surface area contributed by atoms with E-state index in [0.29, 0.717) is 12.0 Å². The highest BCUT2D eigenvalue weighted by atomic mass is 16.5. The molecule has 0 bridgehead atoms. The molecule has 1 aliphatic heterocycles. The number of rotatable bonds is 5. The molecule has 25 heavy (non-hydrogen) atoms. The van der Waals surface area contributed by atoms with Crippen molar-refractivity contribution in [3.8, 4) is 5.75 Å². The minimum Gasteiger partial charge on any atom is -0.497 e. The molecule has 1 aliphatic carbocycles. The topological polar surface area (TPSA) is 48.3 Å². The molecule has 0 radical (unpaired) electrons. The predicted octanol–water partition coefficient (Wildman–Crippen LogP) is 2.65. The van der Waals surface area contributed by atoms with E-state index in [9.17, 15) is 0 Å². The Bertz CT molecular complexity index is 727. The van der Waals surface area contributed by atoms with E-state index in [0.717, 1.165) is 38.2 Å². The van der Waals surface area contributed by atoms with E-state index in [-0.39, 0.29) is 6.10 Å². The molecule has 5 heteroatoms. The highest BCUT2D eigenvalue weighted by Crippen LogP contribution is 2.34. The van der Waals surface area contributed by atoms with Crippen LogP contribution in [-0.2, 0) is 24.6 Å². The van der Waals surface area contributed by atoms with E-state index in [4.69, 9.17) is 9.47 Å². The van der Waals surface area contributed by atoms with Crippen LogP contribution in [0, 0.1) is 5.92 Å². The van der Waals surface area contributed by atoms with Gasteiger partial charge in [-0.05, 0) is 55.0 Å². The third-order valence-electron chi connectivity index (χ3n) is 5.68. The van der Waals surface area contributed by atoms with Crippen LogP contribution in [0.15, 0.2) is 30.5 Å². The number of benzene rings is 1. The second-order valence-electron chi connectivity index (χ2n) is 7.20. The predicted molar refractivity (Wildman–Crippen MR) is 96.8 cm³/mol. The Morgan fingerprint density at radius 3 is 3.00 bits per heavy atom. The molecule has 0 unspecified atom stereocenters. The summed E-state index contributed by atoms with van der Waals surface area (Å²) >= 11 is 0. The minimum absolute atomic E-state index is 0.163. The second-order valence-corrected chi connectivity index (χ2v) is 7.20. The van der Waals surface area contributed by atoms with Crippen LogP contribution in [0.25, 0.3) is 0 Å². The van der Waals surface area contributed by atoms with Crippen molar-refractivity contribution in [1.29, 1.82) is 0 Å². The van der Waals surface area contributed by atoms with Gasteiger partial charge in [0.05, 0.1) is 12.8 Å². The lowest BCUT2D eigenvalue weighted by Crippen LogP contribution is -2.38. The Kier molecular flexibility index (Phi) is 4.77. The summed E-state index contributed by atoms with van der Waals surface area (Å²) in [5.74, 6) is 1.47. The van der Waals surface area contributed by atoms with Crippen LogP contribution in [-0.4, -0.2) is 36.1 Å². The molecule has 2 aliphatic rings. The Morgan fingerprint density at radius 2 is 2.20 bits per heavy atom. The van der Waals surface area contributed by atoms with Crippen LogP contribution < -0.4 is 10.1 Å². The molecule has 5 nitrogen and oxygen atoms in total. The van der Waals surface area contributed by atoms with Crippen LogP contribution in [0.3, 0.4) is 0 Å². The van der Waals surface area contributed by atoms with Gasteiger partial charge in [0.2, 0.25) is 0 Å². The largest absolute Gasteiger partial charge is 0.497 e. The average Bonchev–Trinajstić information content (AvgIpc) is 3.27. The maximum Gasteiger partial charge on any atom is 0.119 e. The molecular weight excluding hydrogens is 314 g/mol. The molecule has 0 spiro atoms. The molecule has 1 aromatic carbocycles. The monoisotopic (exact) mass is 341 g/mol. The van der Waals surface area contributed by atoms with Crippen molar-refractivity contribution >= 4 is 0 Å². The third kappa shape index (κ3) is 3.44. The molecule has 1 N–H and O–H groups in total. The molecule has 1 saturated heterocycles. The lowest BCUT2D eigenvalue weighted by Gasteiger charge is -2.28. The molecule has 0 saturated carbocycles. The number of aryl methyl sites for hydroxylation is 2. The van der Waals surface area contributed by atoms with Gasteiger partial charge < -0.3 is 14.8 Å². The molecule has 2 heterocycles. The van der Waals surface area contributed by atoms with E-state index in [1.54, 1.807) is 7.11 Å². The first-order chi connectivity index (χ1) is 12.2. The SMILES string of the molecule is COc1ccc2c(c1)C[C@H](NC[C@@H]1CCO[C@H]1c1ccnn1C)CC2. The number of methoxy groups -OCH3 is 1. The van der Waals surface area contributed by atoms with Gasteiger partial charge in [-0.2, -0.15) is 5.10 Å². The van der Waals surface area contributed by atoms with E-state index in [2.05, 4.69) is 34.7 Å². The third-order valence-corrected chi connectivity index (χ3v) is 5.68. The van der Waals surface area contributed by atoms with Gasteiger partial charge in [0.25, 0.3) is 0 Å². The van der Waals surface area contributed by atoms with Crippen LogP contribution in [0.2, 0.25) is 0 Å². The van der Waals surface area contributed by atoms with Gasteiger partial charge >= 0.3 is 0 Å². The first-order valence-corrected chi connectivity index (χ1v) is 9.23. The number of nitrogens with zero attached hydrogens (tertiary/aromatic N) is 2. The first-order valence-electron chi connectivity index (χ1n) is 9.23. The molecule has 2 aromatic rings. The highest BCUT2D eigenvalue weighted by Gasteiger charge is 2.32. The number of hydrogen-bond acceptors (Lipinski definition) is 4.